The zero-order valence-corrected chi connectivity index (χ0v) is 27.5. The minimum atomic E-state index is 0.604. The molecule has 2 aromatic heterocycles. The molecule has 0 fully saturated rings. The average molecular weight is 652 g/mol. The van der Waals surface area contributed by atoms with Crippen molar-refractivity contribution in [3.05, 3.63) is 176 Å². The van der Waals surface area contributed by atoms with Crippen LogP contribution in [0.1, 0.15) is 0 Å². The molecule has 0 radical (unpaired) electrons. The van der Waals surface area contributed by atoms with Crippen molar-refractivity contribution in [3.8, 4) is 56.4 Å². The maximum Gasteiger partial charge on any atom is 0.164 e. The molecule has 4 nitrogen and oxygen atoms in total. The molecule has 0 atom stereocenters. The topological polar surface area (TPSA) is 51.8 Å². The van der Waals surface area contributed by atoms with E-state index in [0.29, 0.717) is 17.5 Å². The molecule has 0 spiro atoms. The van der Waals surface area contributed by atoms with Gasteiger partial charge in [-0.15, -0.1) is 0 Å². The summed E-state index contributed by atoms with van der Waals surface area (Å²) in [6.45, 7) is 0. The largest absolute Gasteiger partial charge is 0.455 e. The third-order valence-electron chi connectivity index (χ3n) is 9.68. The first-order chi connectivity index (χ1) is 25.2. The highest BCUT2D eigenvalue weighted by atomic mass is 16.3. The Bertz CT molecular complexity index is 2900. The van der Waals surface area contributed by atoms with E-state index in [1.54, 1.807) is 0 Å². The smallest absolute Gasteiger partial charge is 0.164 e. The molecule has 0 aliphatic heterocycles. The number of benzene rings is 8. The molecule has 4 heteroatoms. The predicted octanol–water partition coefficient (Wildman–Crippen LogP) is 12.4. The van der Waals surface area contributed by atoms with Gasteiger partial charge in [-0.05, 0) is 63.2 Å². The van der Waals surface area contributed by atoms with E-state index >= 15 is 0 Å². The number of nitrogens with zero attached hydrogens (tertiary/aromatic N) is 3. The molecule has 238 valence electrons. The van der Waals surface area contributed by atoms with Gasteiger partial charge in [-0.2, -0.15) is 0 Å². The Morgan fingerprint density at radius 1 is 0.294 bits per heavy atom. The molecule has 10 aromatic rings. The zero-order valence-electron chi connectivity index (χ0n) is 27.5. The van der Waals surface area contributed by atoms with Gasteiger partial charge in [0.05, 0.1) is 0 Å². The van der Waals surface area contributed by atoms with Crippen LogP contribution in [0.5, 0.6) is 0 Å². The molecule has 0 saturated carbocycles. The second-order valence-corrected chi connectivity index (χ2v) is 12.8. The molecule has 0 amide bonds. The van der Waals surface area contributed by atoms with Crippen LogP contribution in [-0.4, -0.2) is 15.0 Å². The Balaban J connectivity index is 1.19. The van der Waals surface area contributed by atoms with Gasteiger partial charge in [-0.25, -0.2) is 15.0 Å². The summed E-state index contributed by atoms with van der Waals surface area (Å²) in [6, 6.07) is 61.0. The first-order valence-corrected chi connectivity index (χ1v) is 17.1. The van der Waals surface area contributed by atoms with Crippen molar-refractivity contribution < 1.29 is 4.42 Å². The predicted molar refractivity (Wildman–Crippen MR) is 209 cm³/mol. The molecular weight excluding hydrogens is 623 g/mol. The lowest BCUT2D eigenvalue weighted by atomic mass is 9.98. The molecule has 0 aliphatic carbocycles. The first-order valence-electron chi connectivity index (χ1n) is 17.1. The normalized spacial score (nSPS) is 11.5. The van der Waals surface area contributed by atoms with Crippen molar-refractivity contribution in [1.82, 2.24) is 15.0 Å². The summed E-state index contributed by atoms with van der Waals surface area (Å²) in [5.74, 6) is 1.85. The summed E-state index contributed by atoms with van der Waals surface area (Å²) in [4.78, 5) is 15.3. The quantitative estimate of drug-likeness (QED) is 0.186. The fourth-order valence-electron chi connectivity index (χ4n) is 7.11. The Hall–Kier alpha value is -6.91. The van der Waals surface area contributed by atoms with Crippen LogP contribution in [0.3, 0.4) is 0 Å². The number of furan rings is 1. The molecule has 0 saturated heterocycles. The van der Waals surface area contributed by atoms with Crippen molar-refractivity contribution in [2.24, 2.45) is 0 Å². The van der Waals surface area contributed by atoms with E-state index in [1.165, 1.54) is 11.1 Å². The van der Waals surface area contributed by atoms with E-state index in [0.717, 1.165) is 71.3 Å². The number of hydrogen-bond acceptors (Lipinski definition) is 4. The van der Waals surface area contributed by atoms with E-state index in [4.69, 9.17) is 19.4 Å². The summed E-state index contributed by atoms with van der Waals surface area (Å²) in [6.07, 6.45) is 0. The molecule has 51 heavy (non-hydrogen) atoms. The Labute approximate surface area is 294 Å². The first kappa shape index (κ1) is 29.0. The van der Waals surface area contributed by atoms with Gasteiger partial charge >= 0.3 is 0 Å². The molecule has 10 rings (SSSR count). The molecule has 0 unspecified atom stereocenters. The minimum Gasteiger partial charge on any atom is -0.455 e. The summed E-state index contributed by atoms with van der Waals surface area (Å²) >= 11 is 0. The van der Waals surface area contributed by atoms with Gasteiger partial charge in [0.1, 0.15) is 11.2 Å². The van der Waals surface area contributed by atoms with Crippen LogP contribution in [-0.2, 0) is 0 Å². The van der Waals surface area contributed by atoms with Gasteiger partial charge in [-0.3, -0.25) is 0 Å². The lowest BCUT2D eigenvalue weighted by Crippen LogP contribution is -2.00. The Morgan fingerprint density at radius 3 is 1.57 bits per heavy atom. The maximum atomic E-state index is 6.75. The molecule has 0 aliphatic rings. The third-order valence-corrected chi connectivity index (χ3v) is 9.68. The molecule has 2 heterocycles. The van der Waals surface area contributed by atoms with Crippen LogP contribution in [0.15, 0.2) is 180 Å². The fraction of sp³-hybridized carbons (Fsp3) is 0. The van der Waals surface area contributed by atoms with Crippen molar-refractivity contribution in [1.29, 1.82) is 0 Å². The van der Waals surface area contributed by atoms with E-state index in [1.807, 2.05) is 42.5 Å². The van der Waals surface area contributed by atoms with Crippen molar-refractivity contribution in [2.45, 2.75) is 0 Å². The van der Waals surface area contributed by atoms with Crippen LogP contribution in [0.2, 0.25) is 0 Å². The van der Waals surface area contributed by atoms with Gasteiger partial charge in [-0.1, -0.05) is 146 Å². The molecule has 8 aromatic carbocycles. The van der Waals surface area contributed by atoms with Crippen molar-refractivity contribution in [2.75, 3.05) is 0 Å². The zero-order chi connectivity index (χ0) is 33.7. The van der Waals surface area contributed by atoms with Crippen LogP contribution < -0.4 is 0 Å². The lowest BCUT2D eigenvalue weighted by molar-refractivity contribution is 0.674. The van der Waals surface area contributed by atoms with Crippen LogP contribution >= 0.6 is 0 Å². The van der Waals surface area contributed by atoms with Crippen LogP contribution in [0, 0.1) is 0 Å². The highest BCUT2D eigenvalue weighted by Gasteiger charge is 2.19. The van der Waals surface area contributed by atoms with Gasteiger partial charge < -0.3 is 4.42 Å². The van der Waals surface area contributed by atoms with Gasteiger partial charge in [0.25, 0.3) is 0 Å². The Kier molecular flexibility index (Phi) is 6.78. The lowest BCUT2D eigenvalue weighted by Gasteiger charge is -2.11. The number of rotatable bonds is 5. The van der Waals surface area contributed by atoms with Gasteiger partial charge in [0, 0.05) is 38.4 Å². The van der Waals surface area contributed by atoms with Gasteiger partial charge in [0.2, 0.25) is 0 Å². The fourth-order valence-corrected chi connectivity index (χ4v) is 7.11. The molecule has 0 N–H and O–H groups in total. The summed E-state index contributed by atoms with van der Waals surface area (Å²) in [7, 11) is 0. The number of hydrogen-bond donors (Lipinski definition) is 0. The SMILES string of the molecule is c1ccc(-c2ccc3cc(-c4nc(-c5ccccc5)nc(-c5cc(-c6ccccc6)c6oc7c8ccccc8ccc7c6c5)n4)ccc3c2)cc1. The highest BCUT2D eigenvalue weighted by molar-refractivity contribution is 6.18. The maximum absolute atomic E-state index is 6.75. The standard InChI is InChI=1S/C47H29N3O/c1-4-12-30(13-5-1)34-20-21-36-27-37(23-22-35(36)26-34)46-48-45(33-17-8-3-9-18-33)49-47(50-46)38-28-41(31-14-6-2-7-15-31)44-42(29-38)40-25-24-32-16-10-11-19-39(32)43(40)51-44/h1-29H. The van der Waals surface area contributed by atoms with E-state index in [-0.39, 0.29) is 0 Å². The van der Waals surface area contributed by atoms with E-state index in [9.17, 15) is 0 Å². The Morgan fingerprint density at radius 2 is 0.843 bits per heavy atom. The second-order valence-electron chi connectivity index (χ2n) is 12.8. The van der Waals surface area contributed by atoms with E-state index in [2.05, 4.69) is 133 Å². The summed E-state index contributed by atoms with van der Waals surface area (Å²) in [5.41, 5.74) is 8.93. The molecular formula is C47H29N3O. The summed E-state index contributed by atoms with van der Waals surface area (Å²) < 4.78 is 6.75. The summed E-state index contributed by atoms with van der Waals surface area (Å²) in [5, 5.41) is 6.61. The average Bonchev–Trinajstić information content (AvgIpc) is 3.60. The number of fused-ring (bicyclic) bond motifs is 6. The third kappa shape index (κ3) is 5.13. The second kappa shape index (κ2) is 11.9. The van der Waals surface area contributed by atoms with Crippen molar-refractivity contribution >= 4 is 43.5 Å². The van der Waals surface area contributed by atoms with E-state index < -0.39 is 0 Å². The monoisotopic (exact) mass is 651 g/mol. The number of aromatic nitrogens is 3. The van der Waals surface area contributed by atoms with Crippen LogP contribution in [0.4, 0.5) is 0 Å². The van der Waals surface area contributed by atoms with Gasteiger partial charge in [0.15, 0.2) is 17.5 Å². The molecule has 0 bridgehead atoms. The highest BCUT2D eigenvalue weighted by Crippen LogP contribution is 2.41. The van der Waals surface area contributed by atoms with Crippen LogP contribution in [0.25, 0.3) is 99.9 Å². The minimum absolute atomic E-state index is 0.604. The van der Waals surface area contributed by atoms with Crippen molar-refractivity contribution in [3.63, 3.8) is 0 Å².